The number of unbranched alkanes of at least 4 members (excludes halogenated alkanes) is 10. The molecule has 0 atom stereocenters. The molecule has 0 heterocycles. The lowest BCUT2D eigenvalue weighted by molar-refractivity contribution is 0.0450. The summed E-state index contributed by atoms with van der Waals surface area (Å²) in [6.07, 6.45) is 13.7. The lowest BCUT2D eigenvalue weighted by atomic mass is 10.1. The molecule has 0 radical (unpaired) electrons. The molecule has 0 aliphatic heterocycles. The normalized spacial score (nSPS) is 10.6. The standard InChI is InChI=1S/C24H38O4/c1-3-5-7-9-10-12-16-20-28-24(26)22-18-14-13-17-21(22)23(25)27-19-15-11-8-6-4-2/h13-14,17-18H,3-12,15-16,19-20H2,1-2H3. The molecule has 0 spiro atoms. The smallest absolute Gasteiger partial charge is 0.339 e. The molecule has 0 aliphatic rings. The molecule has 0 fully saturated rings. The maximum atomic E-state index is 12.4. The highest BCUT2D eigenvalue weighted by atomic mass is 16.5. The van der Waals surface area contributed by atoms with E-state index < -0.39 is 11.9 Å². The summed E-state index contributed by atoms with van der Waals surface area (Å²) in [5, 5.41) is 0. The van der Waals surface area contributed by atoms with Crippen LogP contribution < -0.4 is 0 Å². The number of carbonyl (C=O) groups excluding carboxylic acids is 2. The SMILES string of the molecule is CCCCCCCCCOC(=O)c1ccccc1C(=O)OCCCCCCC. The van der Waals surface area contributed by atoms with Crippen molar-refractivity contribution in [1.29, 1.82) is 0 Å². The van der Waals surface area contributed by atoms with Gasteiger partial charge in [-0.1, -0.05) is 90.2 Å². The van der Waals surface area contributed by atoms with Crippen LogP contribution in [0.3, 0.4) is 0 Å². The van der Waals surface area contributed by atoms with E-state index in [0.29, 0.717) is 24.3 Å². The van der Waals surface area contributed by atoms with Gasteiger partial charge in [0.1, 0.15) is 0 Å². The molecule has 0 aromatic heterocycles. The second-order valence-corrected chi connectivity index (χ2v) is 7.35. The van der Waals surface area contributed by atoms with Crippen molar-refractivity contribution in [2.24, 2.45) is 0 Å². The monoisotopic (exact) mass is 390 g/mol. The van der Waals surface area contributed by atoms with Gasteiger partial charge in [0.25, 0.3) is 0 Å². The summed E-state index contributed by atoms with van der Waals surface area (Å²) in [6, 6.07) is 6.74. The fourth-order valence-corrected chi connectivity index (χ4v) is 3.09. The Balaban J connectivity index is 2.34. The first kappa shape index (κ1) is 24.2. The number of hydrogen-bond donors (Lipinski definition) is 0. The molecule has 0 saturated carbocycles. The fourth-order valence-electron chi connectivity index (χ4n) is 3.09. The number of esters is 2. The summed E-state index contributed by atoms with van der Waals surface area (Å²) < 4.78 is 10.7. The van der Waals surface area contributed by atoms with E-state index >= 15 is 0 Å². The van der Waals surface area contributed by atoms with Crippen LogP contribution in [0.1, 0.15) is 112 Å². The highest BCUT2D eigenvalue weighted by molar-refractivity contribution is 6.03. The minimum atomic E-state index is -0.445. The number of carbonyl (C=O) groups is 2. The molecule has 1 rings (SSSR count). The summed E-state index contributed by atoms with van der Waals surface area (Å²) in [7, 11) is 0. The maximum absolute atomic E-state index is 12.4. The molecule has 1 aromatic rings. The van der Waals surface area contributed by atoms with E-state index in [1.807, 2.05) is 0 Å². The van der Waals surface area contributed by atoms with Gasteiger partial charge in [-0.2, -0.15) is 0 Å². The third-order valence-corrected chi connectivity index (χ3v) is 4.83. The van der Waals surface area contributed by atoms with Crippen molar-refractivity contribution in [3.05, 3.63) is 35.4 Å². The van der Waals surface area contributed by atoms with Crippen molar-refractivity contribution < 1.29 is 19.1 Å². The van der Waals surface area contributed by atoms with Gasteiger partial charge in [-0.25, -0.2) is 9.59 Å². The van der Waals surface area contributed by atoms with E-state index in [0.717, 1.165) is 32.1 Å². The molecular weight excluding hydrogens is 352 g/mol. The zero-order valence-electron chi connectivity index (χ0n) is 17.8. The van der Waals surface area contributed by atoms with Crippen LogP contribution in [0, 0.1) is 0 Å². The third kappa shape index (κ3) is 10.5. The summed E-state index contributed by atoms with van der Waals surface area (Å²) in [5.74, 6) is -0.888. The molecule has 0 bridgehead atoms. The van der Waals surface area contributed by atoms with Crippen molar-refractivity contribution >= 4 is 11.9 Å². The highest BCUT2D eigenvalue weighted by Crippen LogP contribution is 2.14. The fraction of sp³-hybridized carbons (Fsp3) is 0.667. The number of ether oxygens (including phenoxy) is 2. The van der Waals surface area contributed by atoms with E-state index in [1.165, 1.54) is 44.9 Å². The average Bonchev–Trinajstić information content (AvgIpc) is 2.72. The van der Waals surface area contributed by atoms with E-state index in [2.05, 4.69) is 13.8 Å². The Hall–Kier alpha value is -1.84. The second-order valence-electron chi connectivity index (χ2n) is 7.35. The Bertz CT molecular complexity index is 553. The molecular formula is C24H38O4. The molecule has 28 heavy (non-hydrogen) atoms. The first-order valence-corrected chi connectivity index (χ1v) is 11.1. The van der Waals surface area contributed by atoms with Crippen LogP contribution in [0.15, 0.2) is 24.3 Å². The minimum absolute atomic E-state index is 0.292. The summed E-state index contributed by atoms with van der Waals surface area (Å²) in [5.41, 5.74) is 0.585. The molecule has 0 aliphatic carbocycles. The van der Waals surface area contributed by atoms with Gasteiger partial charge in [0.05, 0.1) is 24.3 Å². The molecule has 158 valence electrons. The van der Waals surface area contributed by atoms with Gasteiger partial charge in [-0.15, -0.1) is 0 Å². The molecule has 4 nitrogen and oxygen atoms in total. The topological polar surface area (TPSA) is 52.6 Å². The van der Waals surface area contributed by atoms with Crippen molar-refractivity contribution in [2.45, 2.75) is 90.9 Å². The first-order valence-electron chi connectivity index (χ1n) is 11.1. The summed E-state index contributed by atoms with van der Waals surface area (Å²) in [6.45, 7) is 5.17. The maximum Gasteiger partial charge on any atom is 0.339 e. The predicted molar refractivity (Wildman–Crippen MR) is 114 cm³/mol. The van der Waals surface area contributed by atoms with E-state index in [9.17, 15) is 9.59 Å². The van der Waals surface area contributed by atoms with Crippen LogP contribution >= 0.6 is 0 Å². The number of rotatable bonds is 16. The van der Waals surface area contributed by atoms with Gasteiger partial charge in [0.2, 0.25) is 0 Å². The van der Waals surface area contributed by atoms with Gasteiger partial charge in [0, 0.05) is 0 Å². The van der Waals surface area contributed by atoms with Crippen molar-refractivity contribution in [2.75, 3.05) is 13.2 Å². The van der Waals surface area contributed by atoms with E-state index in [1.54, 1.807) is 24.3 Å². The highest BCUT2D eigenvalue weighted by Gasteiger charge is 2.18. The Kier molecular flexibility index (Phi) is 14.0. The van der Waals surface area contributed by atoms with Crippen molar-refractivity contribution in [1.82, 2.24) is 0 Å². The largest absolute Gasteiger partial charge is 0.462 e. The van der Waals surface area contributed by atoms with Crippen LogP contribution in [0.2, 0.25) is 0 Å². The predicted octanol–water partition coefficient (Wildman–Crippen LogP) is 6.72. The molecule has 0 amide bonds. The van der Waals surface area contributed by atoms with Crippen LogP contribution in [0.5, 0.6) is 0 Å². The van der Waals surface area contributed by atoms with Crippen molar-refractivity contribution in [3.63, 3.8) is 0 Å². The second kappa shape index (κ2) is 16.1. The lowest BCUT2D eigenvalue weighted by Gasteiger charge is -2.10. The van der Waals surface area contributed by atoms with Gasteiger partial charge in [0.15, 0.2) is 0 Å². The van der Waals surface area contributed by atoms with E-state index in [-0.39, 0.29) is 0 Å². The number of hydrogen-bond acceptors (Lipinski definition) is 4. The van der Waals surface area contributed by atoms with Crippen LogP contribution in [-0.4, -0.2) is 25.2 Å². The first-order chi connectivity index (χ1) is 13.7. The molecule has 1 aromatic carbocycles. The Morgan fingerprint density at radius 3 is 1.36 bits per heavy atom. The van der Waals surface area contributed by atoms with E-state index in [4.69, 9.17) is 9.47 Å². The molecule has 0 saturated heterocycles. The van der Waals surface area contributed by atoms with Gasteiger partial charge >= 0.3 is 11.9 Å². The summed E-state index contributed by atoms with van der Waals surface area (Å²) >= 11 is 0. The van der Waals surface area contributed by atoms with Gasteiger partial charge < -0.3 is 9.47 Å². The Morgan fingerprint density at radius 1 is 0.607 bits per heavy atom. The molecule has 4 heteroatoms. The van der Waals surface area contributed by atoms with Crippen molar-refractivity contribution in [3.8, 4) is 0 Å². The third-order valence-electron chi connectivity index (χ3n) is 4.83. The minimum Gasteiger partial charge on any atom is -0.462 e. The number of benzene rings is 1. The van der Waals surface area contributed by atoms with Crippen LogP contribution in [-0.2, 0) is 9.47 Å². The average molecular weight is 391 g/mol. The Labute approximate surface area is 171 Å². The van der Waals surface area contributed by atoms with Crippen LogP contribution in [0.4, 0.5) is 0 Å². The van der Waals surface area contributed by atoms with Gasteiger partial charge in [-0.05, 0) is 25.0 Å². The zero-order chi connectivity index (χ0) is 20.5. The molecule has 0 N–H and O–H groups in total. The quantitative estimate of drug-likeness (QED) is 0.232. The lowest BCUT2D eigenvalue weighted by Crippen LogP contribution is -2.15. The zero-order valence-corrected chi connectivity index (χ0v) is 17.8. The van der Waals surface area contributed by atoms with Gasteiger partial charge in [-0.3, -0.25) is 0 Å². The Morgan fingerprint density at radius 2 is 0.964 bits per heavy atom. The summed E-state index contributed by atoms with van der Waals surface area (Å²) in [4.78, 5) is 24.7. The molecule has 0 unspecified atom stereocenters. The van der Waals surface area contributed by atoms with Crippen LogP contribution in [0.25, 0.3) is 0 Å².